The number of thiophene rings is 1. The van der Waals surface area contributed by atoms with E-state index in [1.165, 1.54) is 4.88 Å². The standard InChI is InChI=1S/C17H19NOS/c1-13-5-2-3-6-15(13)17(19)18-10-8-14(9-11-18)16-7-4-12-20-16/h2-7,12,14H,8-11H2,1H3. The molecule has 1 fully saturated rings. The minimum atomic E-state index is 0.188. The van der Waals surface area contributed by atoms with E-state index in [-0.39, 0.29) is 5.91 Å². The predicted octanol–water partition coefficient (Wildman–Crippen LogP) is 4.08. The molecule has 2 heterocycles. The minimum Gasteiger partial charge on any atom is -0.339 e. The smallest absolute Gasteiger partial charge is 0.254 e. The van der Waals surface area contributed by atoms with E-state index >= 15 is 0 Å². The summed E-state index contributed by atoms with van der Waals surface area (Å²) in [6, 6.07) is 12.2. The van der Waals surface area contributed by atoms with Crippen LogP contribution in [0.4, 0.5) is 0 Å². The van der Waals surface area contributed by atoms with Gasteiger partial charge in [0.05, 0.1) is 0 Å². The number of likely N-dealkylation sites (tertiary alicyclic amines) is 1. The number of amides is 1. The van der Waals surface area contributed by atoms with Crippen LogP contribution >= 0.6 is 11.3 Å². The van der Waals surface area contributed by atoms with Crippen LogP contribution in [0.3, 0.4) is 0 Å². The van der Waals surface area contributed by atoms with Gasteiger partial charge < -0.3 is 4.90 Å². The average molecular weight is 285 g/mol. The number of piperidine rings is 1. The fourth-order valence-corrected chi connectivity index (χ4v) is 3.77. The van der Waals surface area contributed by atoms with Crippen molar-refractivity contribution in [2.24, 2.45) is 0 Å². The summed E-state index contributed by atoms with van der Waals surface area (Å²) in [5.41, 5.74) is 1.92. The van der Waals surface area contributed by atoms with Crippen molar-refractivity contribution < 1.29 is 4.79 Å². The van der Waals surface area contributed by atoms with Gasteiger partial charge in [0.1, 0.15) is 0 Å². The van der Waals surface area contributed by atoms with E-state index in [1.807, 2.05) is 47.4 Å². The molecule has 1 aromatic heterocycles. The molecule has 0 atom stereocenters. The van der Waals surface area contributed by atoms with E-state index in [4.69, 9.17) is 0 Å². The van der Waals surface area contributed by atoms with Crippen molar-refractivity contribution >= 4 is 17.2 Å². The summed E-state index contributed by atoms with van der Waals surface area (Å²) in [6.45, 7) is 3.75. The lowest BCUT2D eigenvalue weighted by Crippen LogP contribution is -2.38. The zero-order valence-electron chi connectivity index (χ0n) is 11.7. The van der Waals surface area contributed by atoms with Crippen LogP contribution in [0.15, 0.2) is 41.8 Å². The largest absolute Gasteiger partial charge is 0.339 e. The Morgan fingerprint density at radius 1 is 1.15 bits per heavy atom. The van der Waals surface area contributed by atoms with Gasteiger partial charge in [-0.1, -0.05) is 24.3 Å². The quantitative estimate of drug-likeness (QED) is 0.814. The Morgan fingerprint density at radius 2 is 1.90 bits per heavy atom. The number of carbonyl (C=O) groups excluding carboxylic acids is 1. The highest BCUT2D eigenvalue weighted by molar-refractivity contribution is 7.10. The lowest BCUT2D eigenvalue weighted by molar-refractivity contribution is 0.0713. The highest BCUT2D eigenvalue weighted by Gasteiger charge is 2.25. The molecule has 0 aliphatic carbocycles. The third kappa shape index (κ3) is 2.63. The molecule has 1 saturated heterocycles. The molecule has 1 aromatic carbocycles. The third-order valence-electron chi connectivity index (χ3n) is 4.10. The van der Waals surface area contributed by atoms with Crippen molar-refractivity contribution in [3.8, 4) is 0 Å². The lowest BCUT2D eigenvalue weighted by Gasteiger charge is -2.32. The Morgan fingerprint density at radius 3 is 2.55 bits per heavy atom. The Balaban J connectivity index is 1.66. The number of carbonyl (C=O) groups is 1. The van der Waals surface area contributed by atoms with Gasteiger partial charge in [-0.15, -0.1) is 11.3 Å². The van der Waals surface area contributed by atoms with Gasteiger partial charge >= 0.3 is 0 Å². The Bertz CT molecular complexity index is 583. The van der Waals surface area contributed by atoms with Crippen LogP contribution in [0, 0.1) is 6.92 Å². The molecule has 2 aromatic rings. The van der Waals surface area contributed by atoms with Crippen molar-refractivity contribution in [1.82, 2.24) is 4.90 Å². The zero-order chi connectivity index (χ0) is 13.9. The first kappa shape index (κ1) is 13.4. The Labute approximate surface area is 124 Å². The van der Waals surface area contributed by atoms with Crippen LogP contribution in [-0.2, 0) is 0 Å². The van der Waals surface area contributed by atoms with E-state index in [0.717, 1.165) is 37.1 Å². The molecule has 0 unspecified atom stereocenters. The van der Waals surface area contributed by atoms with Crippen LogP contribution in [0.5, 0.6) is 0 Å². The Kier molecular flexibility index (Phi) is 3.88. The first-order valence-electron chi connectivity index (χ1n) is 7.14. The third-order valence-corrected chi connectivity index (χ3v) is 5.14. The van der Waals surface area contributed by atoms with Gasteiger partial charge in [-0.05, 0) is 48.8 Å². The van der Waals surface area contributed by atoms with Crippen molar-refractivity contribution in [1.29, 1.82) is 0 Å². The first-order chi connectivity index (χ1) is 9.75. The molecule has 3 heteroatoms. The number of rotatable bonds is 2. The van der Waals surface area contributed by atoms with Gasteiger partial charge in [-0.25, -0.2) is 0 Å². The molecule has 0 N–H and O–H groups in total. The summed E-state index contributed by atoms with van der Waals surface area (Å²) in [5.74, 6) is 0.823. The maximum atomic E-state index is 12.5. The second-order valence-electron chi connectivity index (χ2n) is 5.40. The van der Waals surface area contributed by atoms with Crippen LogP contribution in [0.2, 0.25) is 0 Å². The lowest BCUT2D eigenvalue weighted by atomic mass is 9.94. The van der Waals surface area contributed by atoms with Gasteiger partial charge in [0.2, 0.25) is 0 Å². The summed E-state index contributed by atoms with van der Waals surface area (Å²) in [5, 5.41) is 2.14. The molecule has 1 amide bonds. The molecule has 0 radical (unpaired) electrons. The average Bonchev–Trinajstić information content (AvgIpc) is 3.01. The summed E-state index contributed by atoms with van der Waals surface area (Å²) >= 11 is 1.83. The van der Waals surface area contributed by atoms with E-state index < -0.39 is 0 Å². The Hall–Kier alpha value is -1.61. The highest BCUT2D eigenvalue weighted by Crippen LogP contribution is 2.31. The molecular formula is C17H19NOS. The van der Waals surface area contributed by atoms with Crippen LogP contribution < -0.4 is 0 Å². The topological polar surface area (TPSA) is 20.3 Å². The predicted molar refractivity (Wildman–Crippen MR) is 83.4 cm³/mol. The highest BCUT2D eigenvalue weighted by atomic mass is 32.1. The normalized spacial score (nSPS) is 16.4. The maximum absolute atomic E-state index is 12.5. The van der Waals surface area contributed by atoms with Gasteiger partial charge in [0.15, 0.2) is 0 Å². The van der Waals surface area contributed by atoms with Gasteiger partial charge in [0, 0.05) is 23.5 Å². The zero-order valence-corrected chi connectivity index (χ0v) is 12.5. The van der Waals surface area contributed by atoms with Gasteiger partial charge in [-0.3, -0.25) is 4.79 Å². The molecule has 3 rings (SSSR count). The van der Waals surface area contributed by atoms with Crippen LogP contribution in [-0.4, -0.2) is 23.9 Å². The molecule has 20 heavy (non-hydrogen) atoms. The number of hydrogen-bond donors (Lipinski definition) is 0. The van der Waals surface area contributed by atoms with Crippen molar-refractivity contribution in [2.75, 3.05) is 13.1 Å². The summed E-state index contributed by atoms with van der Waals surface area (Å²) in [6.07, 6.45) is 2.16. The van der Waals surface area contributed by atoms with E-state index in [2.05, 4.69) is 17.5 Å². The fraction of sp³-hybridized carbons (Fsp3) is 0.353. The molecule has 0 saturated carbocycles. The number of hydrogen-bond acceptors (Lipinski definition) is 2. The molecule has 0 spiro atoms. The molecule has 1 aliphatic heterocycles. The number of aryl methyl sites for hydroxylation is 1. The van der Waals surface area contributed by atoms with Crippen molar-refractivity contribution in [2.45, 2.75) is 25.7 Å². The van der Waals surface area contributed by atoms with Crippen LogP contribution in [0.25, 0.3) is 0 Å². The number of benzene rings is 1. The van der Waals surface area contributed by atoms with Crippen LogP contribution in [0.1, 0.15) is 39.6 Å². The minimum absolute atomic E-state index is 0.188. The first-order valence-corrected chi connectivity index (χ1v) is 8.02. The fourth-order valence-electron chi connectivity index (χ4n) is 2.87. The molecule has 1 aliphatic rings. The molecular weight excluding hydrogens is 266 g/mol. The second-order valence-corrected chi connectivity index (χ2v) is 6.38. The summed E-state index contributed by atoms with van der Waals surface area (Å²) in [7, 11) is 0. The monoisotopic (exact) mass is 285 g/mol. The maximum Gasteiger partial charge on any atom is 0.254 e. The molecule has 104 valence electrons. The second kappa shape index (κ2) is 5.80. The van der Waals surface area contributed by atoms with Crippen molar-refractivity contribution in [3.05, 3.63) is 57.8 Å². The summed E-state index contributed by atoms with van der Waals surface area (Å²) in [4.78, 5) is 16.0. The molecule has 2 nitrogen and oxygen atoms in total. The SMILES string of the molecule is Cc1ccccc1C(=O)N1CCC(c2cccs2)CC1. The van der Waals surface area contributed by atoms with Gasteiger partial charge in [-0.2, -0.15) is 0 Å². The van der Waals surface area contributed by atoms with Crippen molar-refractivity contribution in [3.63, 3.8) is 0 Å². The van der Waals surface area contributed by atoms with E-state index in [1.54, 1.807) is 0 Å². The van der Waals surface area contributed by atoms with Gasteiger partial charge in [0.25, 0.3) is 5.91 Å². The summed E-state index contributed by atoms with van der Waals surface area (Å²) < 4.78 is 0. The van der Waals surface area contributed by atoms with E-state index in [9.17, 15) is 4.79 Å². The number of nitrogens with zero attached hydrogens (tertiary/aromatic N) is 1. The molecule has 0 bridgehead atoms. The van der Waals surface area contributed by atoms with E-state index in [0.29, 0.717) is 5.92 Å².